The Morgan fingerprint density at radius 1 is 1.12 bits per heavy atom. The summed E-state index contributed by atoms with van der Waals surface area (Å²) < 4.78 is 0. The fraction of sp³-hybridized carbons (Fsp3) is 0.200. The molecule has 1 fully saturated rings. The van der Waals surface area contributed by atoms with E-state index in [4.69, 9.17) is 12.2 Å². The molecule has 0 spiro atoms. The predicted octanol–water partition coefficient (Wildman–Crippen LogP) is 4.88. The quantitative estimate of drug-likeness (QED) is 0.667. The summed E-state index contributed by atoms with van der Waals surface area (Å²) in [7, 11) is 0. The maximum atomic E-state index is 5.70. The zero-order chi connectivity index (χ0) is 17.2. The molecule has 1 aliphatic heterocycles. The van der Waals surface area contributed by atoms with Crippen LogP contribution in [0.5, 0.6) is 0 Å². The number of hydrogen-bond acceptors (Lipinski definition) is 3. The minimum absolute atomic E-state index is 0.0400. The standard InChI is InChI=1S/C20H19N3S2/c1-2-14-8-10-15(11-9-14)23-19(17-7-5-13-25-17)18(22-20(23)24)16-6-3-4-12-21-16/h3-13,18-19H,2H2,1H3,(H,22,24)/t18-,19-/m0/s1. The molecule has 4 rings (SSSR count). The first kappa shape index (κ1) is 16.2. The van der Waals surface area contributed by atoms with Crippen LogP contribution in [-0.4, -0.2) is 10.1 Å². The summed E-state index contributed by atoms with van der Waals surface area (Å²) in [6.07, 6.45) is 2.87. The minimum atomic E-state index is 0.0400. The third-order valence-electron chi connectivity index (χ3n) is 4.56. The van der Waals surface area contributed by atoms with E-state index >= 15 is 0 Å². The van der Waals surface area contributed by atoms with Gasteiger partial charge in [0, 0.05) is 16.8 Å². The molecule has 0 bridgehead atoms. The number of thiophene rings is 1. The summed E-state index contributed by atoms with van der Waals surface area (Å²) in [4.78, 5) is 8.07. The highest BCUT2D eigenvalue weighted by Gasteiger charge is 2.41. The molecule has 0 radical (unpaired) electrons. The number of aromatic nitrogens is 1. The van der Waals surface area contributed by atoms with Gasteiger partial charge in [0.2, 0.25) is 0 Å². The Labute approximate surface area is 157 Å². The number of rotatable bonds is 4. The molecule has 5 heteroatoms. The summed E-state index contributed by atoms with van der Waals surface area (Å²) >= 11 is 7.46. The van der Waals surface area contributed by atoms with Gasteiger partial charge >= 0.3 is 0 Å². The van der Waals surface area contributed by atoms with Crippen molar-refractivity contribution in [2.45, 2.75) is 25.4 Å². The summed E-state index contributed by atoms with van der Waals surface area (Å²) in [5.74, 6) is 0. The third kappa shape index (κ3) is 3.05. The molecule has 3 heterocycles. The molecule has 0 unspecified atom stereocenters. The van der Waals surface area contributed by atoms with Crippen LogP contribution in [0.4, 0.5) is 5.69 Å². The Morgan fingerprint density at radius 3 is 2.60 bits per heavy atom. The highest BCUT2D eigenvalue weighted by atomic mass is 32.1. The topological polar surface area (TPSA) is 28.2 Å². The van der Waals surface area contributed by atoms with E-state index in [1.54, 1.807) is 11.3 Å². The van der Waals surface area contributed by atoms with Crippen molar-refractivity contribution in [1.82, 2.24) is 10.3 Å². The zero-order valence-electron chi connectivity index (χ0n) is 13.9. The van der Waals surface area contributed by atoms with Crippen LogP contribution in [0.2, 0.25) is 0 Å². The predicted molar refractivity (Wildman–Crippen MR) is 108 cm³/mol. The second-order valence-corrected chi connectivity index (χ2v) is 7.40. The summed E-state index contributed by atoms with van der Waals surface area (Å²) in [6, 6.07) is 19.1. The number of anilines is 1. The lowest BCUT2D eigenvalue weighted by molar-refractivity contribution is 0.575. The normalized spacial score (nSPS) is 19.9. The van der Waals surface area contributed by atoms with E-state index in [0.717, 1.165) is 22.9 Å². The van der Waals surface area contributed by atoms with Crippen LogP contribution in [0.1, 0.15) is 35.1 Å². The summed E-state index contributed by atoms with van der Waals surface area (Å²) in [5, 5.41) is 6.35. The van der Waals surface area contributed by atoms with Crippen molar-refractivity contribution in [3.05, 3.63) is 82.3 Å². The van der Waals surface area contributed by atoms with Gasteiger partial charge < -0.3 is 10.2 Å². The number of hydrogen-bond donors (Lipinski definition) is 1. The molecular formula is C20H19N3S2. The molecule has 1 aliphatic rings. The lowest BCUT2D eigenvalue weighted by Crippen LogP contribution is -2.29. The number of nitrogens with one attached hydrogen (secondary N) is 1. The largest absolute Gasteiger partial charge is 0.351 e. The van der Waals surface area contributed by atoms with E-state index in [1.807, 2.05) is 18.3 Å². The van der Waals surface area contributed by atoms with Crippen LogP contribution in [0.25, 0.3) is 0 Å². The van der Waals surface area contributed by atoms with E-state index in [0.29, 0.717) is 0 Å². The fourth-order valence-electron chi connectivity index (χ4n) is 3.27. The van der Waals surface area contributed by atoms with E-state index in [-0.39, 0.29) is 12.1 Å². The van der Waals surface area contributed by atoms with Crippen LogP contribution < -0.4 is 10.2 Å². The first-order chi connectivity index (χ1) is 12.3. The SMILES string of the molecule is CCc1ccc(N2C(=S)N[C@@H](c3ccccn3)[C@@H]2c2cccs2)cc1. The molecule has 1 saturated heterocycles. The number of thiocarbonyl (C=S) groups is 1. The van der Waals surface area contributed by atoms with Gasteiger partial charge in [0.25, 0.3) is 0 Å². The molecule has 1 N–H and O–H groups in total. The lowest BCUT2D eigenvalue weighted by atomic mass is 10.0. The first-order valence-electron chi connectivity index (χ1n) is 8.41. The molecular weight excluding hydrogens is 346 g/mol. The van der Waals surface area contributed by atoms with Crippen molar-refractivity contribution in [1.29, 1.82) is 0 Å². The van der Waals surface area contributed by atoms with E-state index in [2.05, 4.69) is 70.0 Å². The lowest BCUT2D eigenvalue weighted by Gasteiger charge is -2.27. The van der Waals surface area contributed by atoms with Gasteiger partial charge in [-0.3, -0.25) is 4.98 Å². The van der Waals surface area contributed by atoms with Gasteiger partial charge in [-0.05, 0) is 59.9 Å². The van der Waals surface area contributed by atoms with E-state index in [9.17, 15) is 0 Å². The molecule has 2 atom stereocenters. The Bertz CT molecular complexity index is 844. The van der Waals surface area contributed by atoms with Crippen LogP contribution in [0.15, 0.2) is 66.2 Å². The smallest absolute Gasteiger partial charge is 0.174 e. The number of nitrogens with zero attached hydrogens (tertiary/aromatic N) is 2. The van der Waals surface area contributed by atoms with Gasteiger partial charge in [-0.25, -0.2) is 0 Å². The minimum Gasteiger partial charge on any atom is -0.351 e. The fourth-order valence-corrected chi connectivity index (χ4v) is 4.47. The summed E-state index contributed by atoms with van der Waals surface area (Å²) in [6.45, 7) is 2.17. The van der Waals surface area contributed by atoms with Crippen LogP contribution in [-0.2, 0) is 6.42 Å². The van der Waals surface area contributed by atoms with Crippen molar-refractivity contribution in [2.75, 3.05) is 4.90 Å². The maximum absolute atomic E-state index is 5.70. The van der Waals surface area contributed by atoms with E-state index < -0.39 is 0 Å². The zero-order valence-corrected chi connectivity index (χ0v) is 15.6. The van der Waals surface area contributed by atoms with Gasteiger partial charge in [0.05, 0.1) is 17.8 Å². The Morgan fingerprint density at radius 2 is 1.96 bits per heavy atom. The average Bonchev–Trinajstić information content (AvgIpc) is 3.30. The third-order valence-corrected chi connectivity index (χ3v) is 5.81. The second kappa shape index (κ2) is 6.94. The van der Waals surface area contributed by atoms with Crippen molar-refractivity contribution < 1.29 is 0 Å². The monoisotopic (exact) mass is 365 g/mol. The molecule has 25 heavy (non-hydrogen) atoms. The number of pyridine rings is 1. The van der Waals surface area contributed by atoms with Crippen LogP contribution in [0.3, 0.4) is 0 Å². The van der Waals surface area contributed by atoms with Gasteiger partial charge in [-0.15, -0.1) is 11.3 Å². The Hall–Kier alpha value is -2.24. The van der Waals surface area contributed by atoms with E-state index in [1.165, 1.54) is 10.4 Å². The summed E-state index contributed by atoms with van der Waals surface area (Å²) in [5.41, 5.74) is 3.46. The van der Waals surface area contributed by atoms with Crippen molar-refractivity contribution in [2.24, 2.45) is 0 Å². The van der Waals surface area contributed by atoms with Gasteiger partial charge in [-0.1, -0.05) is 31.2 Å². The van der Waals surface area contributed by atoms with Crippen LogP contribution in [0, 0.1) is 0 Å². The molecule has 0 saturated carbocycles. The highest BCUT2D eigenvalue weighted by molar-refractivity contribution is 7.80. The molecule has 0 amide bonds. The average molecular weight is 366 g/mol. The van der Waals surface area contributed by atoms with Crippen molar-refractivity contribution in [3.8, 4) is 0 Å². The highest BCUT2D eigenvalue weighted by Crippen LogP contribution is 2.42. The van der Waals surface area contributed by atoms with Crippen molar-refractivity contribution in [3.63, 3.8) is 0 Å². The first-order valence-corrected chi connectivity index (χ1v) is 9.69. The van der Waals surface area contributed by atoms with Gasteiger partial charge in [0.15, 0.2) is 5.11 Å². The number of benzene rings is 1. The van der Waals surface area contributed by atoms with Crippen molar-refractivity contribution >= 4 is 34.4 Å². The molecule has 1 aromatic carbocycles. The Balaban J connectivity index is 1.77. The molecule has 126 valence electrons. The number of aryl methyl sites for hydroxylation is 1. The molecule has 2 aromatic heterocycles. The Kier molecular flexibility index (Phi) is 4.51. The van der Waals surface area contributed by atoms with Gasteiger partial charge in [-0.2, -0.15) is 0 Å². The van der Waals surface area contributed by atoms with Gasteiger partial charge in [0.1, 0.15) is 0 Å². The molecule has 3 aromatic rings. The molecule has 3 nitrogen and oxygen atoms in total. The second-order valence-electron chi connectivity index (χ2n) is 6.03. The van der Waals surface area contributed by atoms with Crippen LogP contribution >= 0.6 is 23.6 Å². The maximum Gasteiger partial charge on any atom is 0.174 e. The molecule has 0 aliphatic carbocycles.